The third kappa shape index (κ3) is 50.9. The number of allylic oxidation sites excluding steroid dienone is 4. The van der Waals surface area contributed by atoms with E-state index < -0.39 is 6.10 Å². The van der Waals surface area contributed by atoms with Gasteiger partial charge in [-0.25, -0.2) is 0 Å². The van der Waals surface area contributed by atoms with Crippen LogP contribution in [0.1, 0.15) is 310 Å². The van der Waals surface area contributed by atoms with Gasteiger partial charge in [-0.3, -0.25) is 14.4 Å². The summed E-state index contributed by atoms with van der Waals surface area (Å²) in [5.74, 6) is -0.870. The average Bonchev–Trinajstić information content (AvgIpc) is 3.29. The molecule has 0 radical (unpaired) electrons. The molecular weight excluding hydrogens is 793 g/mol. The number of carbonyl (C=O) groups is 3. The first-order valence-electron chi connectivity index (χ1n) is 28.3. The molecule has 0 aromatic heterocycles. The SMILES string of the molecule is CCCC/C=C\C/C=C\CCCCCCCC(=O)OC(COC(=O)CCCCCCCCCCCC)COC(=O)CCCCCCCCCCCCCCCCCCCCCCCC. The number of hydrogen-bond acceptors (Lipinski definition) is 6. The molecule has 1 unspecified atom stereocenters. The Morgan fingerprint density at radius 2 is 0.578 bits per heavy atom. The molecule has 376 valence electrons. The van der Waals surface area contributed by atoms with Crippen LogP contribution in [-0.2, 0) is 28.6 Å². The molecule has 0 aliphatic rings. The van der Waals surface area contributed by atoms with E-state index >= 15 is 0 Å². The van der Waals surface area contributed by atoms with E-state index in [4.69, 9.17) is 14.2 Å². The predicted octanol–water partition coefficient (Wildman–Crippen LogP) is 18.7. The lowest BCUT2D eigenvalue weighted by atomic mass is 10.0. The molecule has 0 N–H and O–H groups in total. The highest BCUT2D eigenvalue weighted by Crippen LogP contribution is 2.17. The van der Waals surface area contributed by atoms with Gasteiger partial charge < -0.3 is 14.2 Å². The molecule has 0 saturated carbocycles. The maximum Gasteiger partial charge on any atom is 0.306 e. The van der Waals surface area contributed by atoms with Crippen molar-refractivity contribution in [3.05, 3.63) is 24.3 Å². The van der Waals surface area contributed by atoms with E-state index in [-0.39, 0.29) is 31.1 Å². The Balaban J connectivity index is 4.21. The fraction of sp³-hybridized carbons (Fsp3) is 0.879. The molecule has 6 heteroatoms. The van der Waals surface area contributed by atoms with E-state index in [1.807, 2.05) is 0 Å². The Labute approximate surface area is 398 Å². The first-order valence-corrected chi connectivity index (χ1v) is 28.3. The van der Waals surface area contributed by atoms with Crippen molar-refractivity contribution >= 4 is 17.9 Å². The highest BCUT2D eigenvalue weighted by atomic mass is 16.6. The van der Waals surface area contributed by atoms with Crippen LogP contribution in [-0.4, -0.2) is 37.2 Å². The van der Waals surface area contributed by atoms with Crippen molar-refractivity contribution in [2.24, 2.45) is 0 Å². The molecule has 64 heavy (non-hydrogen) atoms. The van der Waals surface area contributed by atoms with E-state index in [1.165, 1.54) is 186 Å². The molecular formula is C58H108O6. The van der Waals surface area contributed by atoms with Gasteiger partial charge in [0.05, 0.1) is 0 Å². The van der Waals surface area contributed by atoms with Crippen LogP contribution in [0, 0.1) is 0 Å². The number of carbonyl (C=O) groups excluding carboxylic acids is 3. The van der Waals surface area contributed by atoms with Gasteiger partial charge in [0, 0.05) is 19.3 Å². The van der Waals surface area contributed by atoms with Crippen molar-refractivity contribution in [3.63, 3.8) is 0 Å². The van der Waals surface area contributed by atoms with Gasteiger partial charge in [-0.05, 0) is 44.9 Å². The van der Waals surface area contributed by atoms with Crippen molar-refractivity contribution in [1.82, 2.24) is 0 Å². The second-order valence-electron chi connectivity index (χ2n) is 19.2. The monoisotopic (exact) mass is 901 g/mol. The van der Waals surface area contributed by atoms with Crippen molar-refractivity contribution in [2.75, 3.05) is 13.2 Å². The highest BCUT2D eigenvalue weighted by molar-refractivity contribution is 5.71. The Kier molecular flexibility index (Phi) is 51.7. The number of esters is 3. The summed E-state index contributed by atoms with van der Waals surface area (Å²) >= 11 is 0. The number of rotatable bonds is 52. The Morgan fingerprint density at radius 3 is 0.906 bits per heavy atom. The maximum atomic E-state index is 12.8. The summed E-state index contributed by atoms with van der Waals surface area (Å²) in [6, 6.07) is 0. The molecule has 0 bridgehead atoms. The van der Waals surface area contributed by atoms with Crippen LogP contribution in [0.2, 0.25) is 0 Å². The third-order valence-electron chi connectivity index (χ3n) is 12.7. The fourth-order valence-electron chi connectivity index (χ4n) is 8.40. The summed E-state index contributed by atoms with van der Waals surface area (Å²) in [6.07, 6.45) is 61.8. The zero-order chi connectivity index (χ0) is 46.5. The third-order valence-corrected chi connectivity index (χ3v) is 12.7. The second kappa shape index (κ2) is 53.5. The lowest BCUT2D eigenvalue weighted by molar-refractivity contribution is -0.167. The summed E-state index contributed by atoms with van der Waals surface area (Å²) in [4.78, 5) is 38.0. The zero-order valence-corrected chi connectivity index (χ0v) is 43.1. The predicted molar refractivity (Wildman–Crippen MR) is 275 cm³/mol. The quantitative estimate of drug-likeness (QED) is 0.0262. The van der Waals surface area contributed by atoms with Crippen LogP contribution in [0.15, 0.2) is 24.3 Å². The summed E-state index contributed by atoms with van der Waals surface area (Å²) in [7, 11) is 0. The molecule has 6 nitrogen and oxygen atoms in total. The summed E-state index contributed by atoms with van der Waals surface area (Å²) in [6.45, 7) is 6.62. The average molecular weight is 901 g/mol. The van der Waals surface area contributed by atoms with Crippen LogP contribution < -0.4 is 0 Å². The van der Waals surface area contributed by atoms with Crippen LogP contribution >= 0.6 is 0 Å². The van der Waals surface area contributed by atoms with Gasteiger partial charge in [0.2, 0.25) is 0 Å². The van der Waals surface area contributed by atoms with Crippen LogP contribution in [0.3, 0.4) is 0 Å². The molecule has 0 aliphatic carbocycles. The number of unbranched alkanes of at least 4 members (excludes halogenated alkanes) is 37. The zero-order valence-electron chi connectivity index (χ0n) is 43.1. The molecule has 0 aliphatic heterocycles. The molecule has 0 aromatic rings. The minimum atomic E-state index is -0.772. The van der Waals surface area contributed by atoms with Crippen molar-refractivity contribution in [2.45, 2.75) is 316 Å². The van der Waals surface area contributed by atoms with Gasteiger partial charge in [-0.1, -0.05) is 270 Å². The van der Waals surface area contributed by atoms with Crippen LogP contribution in [0.25, 0.3) is 0 Å². The molecule has 0 spiro atoms. The largest absolute Gasteiger partial charge is 0.462 e. The number of hydrogen-bond donors (Lipinski definition) is 0. The first-order chi connectivity index (χ1) is 31.5. The fourth-order valence-corrected chi connectivity index (χ4v) is 8.40. The van der Waals surface area contributed by atoms with E-state index in [2.05, 4.69) is 45.1 Å². The molecule has 0 heterocycles. The Hall–Kier alpha value is -2.11. The van der Waals surface area contributed by atoms with Gasteiger partial charge in [0.25, 0.3) is 0 Å². The Morgan fingerprint density at radius 1 is 0.312 bits per heavy atom. The minimum Gasteiger partial charge on any atom is -0.462 e. The van der Waals surface area contributed by atoms with E-state index in [1.54, 1.807) is 0 Å². The lowest BCUT2D eigenvalue weighted by Gasteiger charge is -2.18. The van der Waals surface area contributed by atoms with Crippen molar-refractivity contribution in [3.8, 4) is 0 Å². The van der Waals surface area contributed by atoms with Gasteiger partial charge in [-0.15, -0.1) is 0 Å². The standard InChI is InChI=1S/C58H108O6/c1-4-7-10-13-16-19-22-24-26-27-28-29-30-31-32-33-35-36-39-42-45-48-51-57(60)63-54-55(53-62-56(59)50-47-44-41-38-21-18-15-12-9-6-3)64-58(61)52-49-46-43-40-37-34-25-23-20-17-14-11-8-5-2/h14,17,23,25,55H,4-13,15-16,18-22,24,26-54H2,1-3H3/b17-14-,25-23-. The number of ether oxygens (including phenoxy) is 3. The van der Waals surface area contributed by atoms with Gasteiger partial charge in [0.15, 0.2) is 6.10 Å². The molecule has 0 aromatic carbocycles. The lowest BCUT2D eigenvalue weighted by Crippen LogP contribution is -2.30. The van der Waals surface area contributed by atoms with Gasteiger partial charge >= 0.3 is 17.9 Å². The molecule has 0 amide bonds. The van der Waals surface area contributed by atoms with E-state index in [9.17, 15) is 14.4 Å². The van der Waals surface area contributed by atoms with Crippen LogP contribution in [0.4, 0.5) is 0 Å². The molecule has 0 rings (SSSR count). The molecule has 0 saturated heterocycles. The summed E-state index contributed by atoms with van der Waals surface area (Å²) in [5, 5.41) is 0. The van der Waals surface area contributed by atoms with Crippen LogP contribution in [0.5, 0.6) is 0 Å². The first kappa shape index (κ1) is 61.9. The van der Waals surface area contributed by atoms with Gasteiger partial charge in [0.1, 0.15) is 13.2 Å². The summed E-state index contributed by atoms with van der Waals surface area (Å²) < 4.78 is 16.8. The Bertz CT molecular complexity index is 1040. The smallest absolute Gasteiger partial charge is 0.306 e. The maximum absolute atomic E-state index is 12.8. The molecule has 1 atom stereocenters. The van der Waals surface area contributed by atoms with Gasteiger partial charge in [-0.2, -0.15) is 0 Å². The highest BCUT2D eigenvalue weighted by Gasteiger charge is 2.19. The topological polar surface area (TPSA) is 78.9 Å². The molecule has 0 fully saturated rings. The van der Waals surface area contributed by atoms with E-state index in [0.717, 1.165) is 83.5 Å². The minimum absolute atomic E-state index is 0.0720. The normalized spacial score (nSPS) is 12.1. The van der Waals surface area contributed by atoms with Crippen molar-refractivity contribution in [1.29, 1.82) is 0 Å². The van der Waals surface area contributed by atoms with E-state index in [0.29, 0.717) is 19.3 Å². The second-order valence-corrected chi connectivity index (χ2v) is 19.2. The van der Waals surface area contributed by atoms with Crippen molar-refractivity contribution < 1.29 is 28.6 Å². The summed E-state index contributed by atoms with van der Waals surface area (Å²) in [5.41, 5.74) is 0.